The van der Waals surface area contributed by atoms with E-state index in [9.17, 15) is 18.0 Å². The summed E-state index contributed by atoms with van der Waals surface area (Å²) in [5, 5.41) is 0.532. The molecule has 106 valence electrons. The number of hydrogen-bond donors (Lipinski definition) is 1. The van der Waals surface area contributed by atoms with Crippen LogP contribution in [-0.4, -0.2) is 24.5 Å². The van der Waals surface area contributed by atoms with Gasteiger partial charge in [-0.3, -0.25) is 9.78 Å². The molecule has 0 spiro atoms. The molecule has 2 rings (SSSR count). The van der Waals surface area contributed by atoms with Crippen LogP contribution < -0.4 is 10.6 Å². The molecule has 1 aromatic heterocycles. The maximum atomic E-state index is 12.6. The minimum absolute atomic E-state index is 0.0276. The highest BCUT2D eigenvalue weighted by Gasteiger charge is 2.30. The Balaban J connectivity index is 2.51. The highest BCUT2D eigenvalue weighted by Crippen LogP contribution is 2.33. The average Bonchev–Trinajstić information content (AvgIpc) is 2.35. The topological polar surface area (TPSA) is 59.2 Å². The number of benzene rings is 1. The van der Waals surface area contributed by atoms with Gasteiger partial charge in [-0.25, -0.2) is 0 Å². The summed E-state index contributed by atoms with van der Waals surface area (Å²) < 4.78 is 37.9. The smallest absolute Gasteiger partial charge is 0.368 e. The van der Waals surface area contributed by atoms with Crippen LogP contribution in [-0.2, 0) is 11.0 Å². The molecule has 0 bridgehead atoms. The molecule has 0 aliphatic rings. The van der Waals surface area contributed by atoms with Gasteiger partial charge in [0.1, 0.15) is 0 Å². The predicted octanol–water partition coefficient (Wildman–Crippen LogP) is 2.18. The summed E-state index contributed by atoms with van der Waals surface area (Å²) in [6.07, 6.45) is -3.01. The maximum absolute atomic E-state index is 12.6. The molecule has 0 aliphatic heterocycles. The lowest BCUT2D eigenvalue weighted by Crippen LogP contribution is -2.30. The van der Waals surface area contributed by atoms with Crippen LogP contribution in [0.5, 0.6) is 0 Å². The lowest BCUT2D eigenvalue weighted by atomic mass is 10.1. The van der Waals surface area contributed by atoms with E-state index in [4.69, 9.17) is 5.73 Å². The number of amides is 1. The molecule has 1 amide bonds. The number of alkyl halides is 3. The normalized spacial score (nSPS) is 11.6. The van der Waals surface area contributed by atoms with Gasteiger partial charge in [-0.1, -0.05) is 6.07 Å². The summed E-state index contributed by atoms with van der Waals surface area (Å²) >= 11 is 0. The van der Waals surface area contributed by atoms with Crippen molar-refractivity contribution in [3.8, 4) is 0 Å². The Hall–Kier alpha value is -2.31. The summed E-state index contributed by atoms with van der Waals surface area (Å²) in [5.74, 6) is -0.524. The number of aromatic nitrogens is 1. The number of anilines is 1. The molecule has 4 nitrogen and oxygen atoms in total. The first-order chi connectivity index (χ1) is 9.29. The Morgan fingerprint density at radius 1 is 1.35 bits per heavy atom. The number of nitrogens with two attached hydrogens (primary N) is 1. The third kappa shape index (κ3) is 2.81. The van der Waals surface area contributed by atoms with Crippen LogP contribution in [0, 0.1) is 0 Å². The van der Waals surface area contributed by atoms with Gasteiger partial charge in [0.2, 0.25) is 5.91 Å². The summed E-state index contributed by atoms with van der Waals surface area (Å²) in [6, 6.07) is 4.94. The number of nitrogens with zero attached hydrogens (tertiary/aromatic N) is 2. The second-order valence-electron chi connectivity index (χ2n) is 4.38. The average molecular weight is 283 g/mol. The van der Waals surface area contributed by atoms with Crippen LogP contribution in [0.3, 0.4) is 0 Å². The van der Waals surface area contributed by atoms with Crippen LogP contribution in [0.4, 0.5) is 18.9 Å². The zero-order valence-corrected chi connectivity index (χ0v) is 10.6. The van der Waals surface area contributed by atoms with Crippen molar-refractivity contribution in [1.29, 1.82) is 0 Å². The molecule has 1 heterocycles. The predicted molar refractivity (Wildman–Crippen MR) is 69.2 cm³/mol. The van der Waals surface area contributed by atoms with E-state index >= 15 is 0 Å². The first kappa shape index (κ1) is 14.1. The zero-order valence-electron chi connectivity index (χ0n) is 10.6. The minimum Gasteiger partial charge on any atom is -0.368 e. The molecule has 0 aliphatic carbocycles. The highest BCUT2D eigenvalue weighted by molar-refractivity contribution is 5.93. The molecule has 0 fully saturated rings. The van der Waals surface area contributed by atoms with Crippen molar-refractivity contribution in [2.24, 2.45) is 5.73 Å². The molecule has 0 saturated carbocycles. The van der Waals surface area contributed by atoms with Gasteiger partial charge in [0.05, 0.1) is 17.6 Å². The van der Waals surface area contributed by atoms with Crippen LogP contribution in [0.15, 0.2) is 30.5 Å². The SMILES string of the molecule is CN(CC(N)=O)c1ccnc2cc(C(F)(F)F)ccc12. The number of pyridine rings is 1. The molecule has 1 aromatic carbocycles. The van der Waals surface area contributed by atoms with Gasteiger partial charge in [-0.15, -0.1) is 0 Å². The van der Waals surface area contributed by atoms with Gasteiger partial charge in [0, 0.05) is 24.3 Å². The van der Waals surface area contributed by atoms with Gasteiger partial charge < -0.3 is 10.6 Å². The van der Waals surface area contributed by atoms with Crippen molar-refractivity contribution in [2.45, 2.75) is 6.18 Å². The summed E-state index contributed by atoms with van der Waals surface area (Å²) in [7, 11) is 1.64. The fraction of sp³-hybridized carbons (Fsp3) is 0.231. The third-order valence-electron chi connectivity index (χ3n) is 2.85. The van der Waals surface area contributed by atoms with E-state index in [1.807, 2.05) is 0 Å². The van der Waals surface area contributed by atoms with Crippen LogP contribution in [0.25, 0.3) is 10.9 Å². The number of hydrogen-bond acceptors (Lipinski definition) is 3. The fourth-order valence-electron chi connectivity index (χ4n) is 1.96. The van der Waals surface area contributed by atoms with E-state index in [0.717, 1.165) is 12.1 Å². The van der Waals surface area contributed by atoms with Gasteiger partial charge >= 0.3 is 6.18 Å². The monoisotopic (exact) mass is 283 g/mol. The first-order valence-electron chi connectivity index (χ1n) is 5.74. The fourth-order valence-corrected chi connectivity index (χ4v) is 1.96. The van der Waals surface area contributed by atoms with Crippen molar-refractivity contribution in [1.82, 2.24) is 4.98 Å². The quantitative estimate of drug-likeness (QED) is 0.939. The van der Waals surface area contributed by atoms with Gasteiger partial charge in [-0.05, 0) is 18.2 Å². The lowest BCUT2D eigenvalue weighted by molar-refractivity contribution is -0.137. The van der Waals surface area contributed by atoms with Gasteiger partial charge in [0.15, 0.2) is 0 Å². The van der Waals surface area contributed by atoms with Crippen molar-refractivity contribution < 1.29 is 18.0 Å². The van der Waals surface area contributed by atoms with E-state index in [0.29, 0.717) is 11.1 Å². The maximum Gasteiger partial charge on any atom is 0.416 e. The molecule has 0 saturated heterocycles. The number of carbonyl (C=O) groups is 1. The van der Waals surface area contributed by atoms with Crippen LogP contribution >= 0.6 is 0 Å². The molecule has 7 heteroatoms. The Kier molecular flexibility index (Phi) is 3.52. The number of halogens is 3. The second kappa shape index (κ2) is 4.99. The summed E-state index contributed by atoms with van der Waals surface area (Å²) in [5.41, 5.74) is 5.17. The van der Waals surface area contributed by atoms with E-state index in [1.54, 1.807) is 18.0 Å². The van der Waals surface area contributed by atoms with Crippen molar-refractivity contribution in [3.63, 3.8) is 0 Å². The number of rotatable bonds is 3. The van der Waals surface area contributed by atoms with E-state index in [1.165, 1.54) is 12.3 Å². The van der Waals surface area contributed by atoms with Crippen LogP contribution in [0.2, 0.25) is 0 Å². The Morgan fingerprint density at radius 2 is 2.05 bits per heavy atom. The number of primary amides is 1. The number of carbonyl (C=O) groups excluding carboxylic acids is 1. The van der Waals surface area contributed by atoms with Crippen molar-refractivity contribution >= 4 is 22.5 Å². The Bertz CT molecular complexity index is 655. The van der Waals surface area contributed by atoms with E-state index < -0.39 is 17.6 Å². The van der Waals surface area contributed by atoms with Crippen LogP contribution in [0.1, 0.15) is 5.56 Å². The van der Waals surface area contributed by atoms with Gasteiger partial charge in [-0.2, -0.15) is 13.2 Å². The van der Waals surface area contributed by atoms with Crippen molar-refractivity contribution in [2.75, 3.05) is 18.5 Å². The lowest BCUT2D eigenvalue weighted by Gasteiger charge is -2.19. The van der Waals surface area contributed by atoms with Crippen molar-refractivity contribution in [3.05, 3.63) is 36.0 Å². The minimum atomic E-state index is -4.41. The summed E-state index contributed by atoms with van der Waals surface area (Å²) in [6.45, 7) is -0.0276. The number of fused-ring (bicyclic) bond motifs is 1. The molecule has 2 aromatic rings. The second-order valence-corrected chi connectivity index (χ2v) is 4.38. The van der Waals surface area contributed by atoms with E-state index in [2.05, 4.69) is 4.98 Å². The number of likely N-dealkylation sites (N-methyl/N-ethyl adjacent to an activating group) is 1. The Labute approximate surface area is 113 Å². The molecule has 0 unspecified atom stereocenters. The molecule has 0 atom stereocenters. The molecular weight excluding hydrogens is 271 g/mol. The third-order valence-corrected chi connectivity index (χ3v) is 2.85. The molecular formula is C13H12F3N3O. The summed E-state index contributed by atoms with van der Waals surface area (Å²) in [4.78, 5) is 16.4. The Morgan fingerprint density at radius 3 is 2.65 bits per heavy atom. The molecule has 20 heavy (non-hydrogen) atoms. The largest absolute Gasteiger partial charge is 0.416 e. The first-order valence-corrected chi connectivity index (χ1v) is 5.74. The van der Waals surface area contributed by atoms with Gasteiger partial charge in [0.25, 0.3) is 0 Å². The van der Waals surface area contributed by atoms with E-state index in [-0.39, 0.29) is 12.1 Å². The highest BCUT2D eigenvalue weighted by atomic mass is 19.4. The molecule has 0 radical (unpaired) electrons. The zero-order chi connectivity index (χ0) is 14.9. The molecule has 2 N–H and O–H groups in total. The standard InChI is InChI=1S/C13H12F3N3O/c1-19(7-12(17)20)11-4-5-18-10-6-8(13(14,15)16)2-3-9(10)11/h2-6H,7H2,1H3,(H2,17,20).